The van der Waals surface area contributed by atoms with E-state index >= 15 is 0 Å². The third-order valence-corrected chi connectivity index (χ3v) is 4.85. The van der Waals surface area contributed by atoms with Crippen molar-refractivity contribution in [3.05, 3.63) is 41.3 Å². The van der Waals surface area contributed by atoms with Crippen LogP contribution in [0.4, 0.5) is 13.2 Å². The maximum atomic E-state index is 14.4. The molecule has 2 rings (SSSR count). The minimum atomic E-state index is -1.52. The maximum absolute atomic E-state index is 14.4. The van der Waals surface area contributed by atoms with Crippen LogP contribution in [0.1, 0.15) is 47.1 Å². The van der Waals surface area contributed by atoms with Crippen molar-refractivity contribution in [3.63, 3.8) is 0 Å². The molecular weight excluding hydrogens is 363 g/mol. The van der Waals surface area contributed by atoms with Gasteiger partial charge >= 0.3 is 0 Å². The molecule has 0 aliphatic carbocycles. The fraction of sp³-hybridized carbons (Fsp3) is 0.444. The normalized spacial score (nSPS) is 14.2. The molecule has 0 amide bonds. The molecule has 4 nitrogen and oxygen atoms in total. The van der Waals surface area contributed by atoms with Gasteiger partial charge in [-0.05, 0) is 47.6 Å². The Kier molecular flexibility index (Phi) is 5.58. The number of halogens is 3. The molecule has 0 saturated carbocycles. The minimum absolute atomic E-state index is 0.140. The van der Waals surface area contributed by atoms with Crippen molar-refractivity contribution < 1.29 is 17.7 Å². The summed E-state index contributed by atoms with van der Waals surface area (Å²) >= 11 is -1.52. The van der Waals surface area contributed by atoms with E-state index in [0.717, 1.165) is 6.07 Å². The molecule has 0 bridgehead atoms. The van der Waals surface area contributed by atoms with Crippen molar-refractivity contribution in [3.8, 4) is 11.3 Å². The molecule has 1 unspecified atom stereocenters. The molecule has 0 spiro atoms. The van der Waals surface area contributed by atoms with Crippen molar-refractivity contribution in [1.29, 1.82) is 0 Å². The van der Waals surface area contributed by atoms with Crippen LogP contribution in [0.25, 0.3) is 11.3 Å². The number of hydrogen-bond acceptors (Lipinski definition) is 3. The summed E-state index contributed by atoms with van der Waals surface area (Å²) in [6.45, 7) is 10.8. The van der Waals surface area contributed by atoms with Crippen LogP contribution < -0.4 is 0 Å². The smallest absolute Gasteiger partial charge is 0.161 e. The third-order valence-electron chi connectivity index (χ3n) is 3.51. The first-order valence-electron chi connectivity index (χ1n) is 8.02. The van der Waals surface area contributed by atoms with Crippen LogP contribution in [0.15, 0.2) is 22.7 Å². The van der Waals surface area contributed by atoms with Crippen molar-refractivity contribution in [2.45, 2.75) is 51.8 Å². The van der Waals surface area contributed by atoms with Gasteiger partial charge in [-0.15, -0.1) is 0 Å². The van der Waals surface area contributed by atoms with E-state index < -0.39 is 39.1 Å². The average molecular weight is 385 g/mol. The molecule has 0 aliphatic heterocycles. The van der Waals surface area contributed by atoms with Gasteiger partial charge in [-0.25, -0.2) is 13.2 Å². The number of aromatic nitrogens is 2. The molecule has 1 aromatic carbocycles. The largest absolute Gasteiger partial charge is 0.591 e. The SMILES string of the molecule is CC(C)(C)n1ncc(/C=N/[S+]([O-])C(C)(C)C)c1-c1cc(F)c(F)cc1F. The highest BCUT2D eigenvalue weighted by Crippen LogP contribution is 2.31. The molecule has 0 aliphatic rings. The lowest BCUT2D eigenvalue weighted by Gasteiger charge is -2.23. The van der Waals surface area contributed by atoms with E-state index in [2.05, 4.69) is 9.50 Å². The molecule has 0 saturated heterocycles. The molecule has 0 radical (unpaired) electrons. The minimum Gasteiger partial charge on any atom is -0.591 e. The van der Waals surface area contributed by atoms with Gasteiger partial charge in [0.2, 0.25) is 0 Å². The van der Waals surface area contributed by atoms with E-state index in [4.69, 9.17) is 0 Å². The predicted molar refractivity (Wildman–Crippen MR) is 98.0 cm³/mol. The predicted octanol–water partition coefficient (Wildman–Crippen LogP) is 4.60. The number of benzene rings is 1. The van der Waals surface area contributed by atoms with Crippen LogP contribution in [0.2, 0.25) is 0 Å². The quantitative estimate of drug-likeness (QED) is 0.440. The molecule has 1 atom stereocenters. The van der Waals surface area contributed by atoms with Crippen molar-refractivity contribution in [2.75, 3.05) is 0 Å². The van der Waals surface area contributed by atoms with Crippen LogP contribution in [0, 0.1) is 17.5 Å². The fourth-order valence-corrected chi connectivity index (χ4v) is 2.73. The molecule has 8 heteroatoms. The summed E-state index contributed by atoms with van der Waals surface area (Å²) in [5.41, 5.74) is -0.0904. The van der Waals surface area contributed by atoms with Crippen LogP contribution in [0.3, 0.4) is 0 Å². The van der Waals surface area contributed by atoms with Gasteiger partial charge in [0.15, 0.2) is 11.6 Å². The monoisotopic (exact) mass is 385 g/mol. The van der Waals surface area contributed by atoms with Crippen molar-refractivity contribution in [2.24, 2.45) is 4.40 Å². The molecule has 0 N–H and O–H groups in total. The number of rotatable bonds is 3. The van der Waals surface area contributed by atoms with E-state index in [1.165, 1.54) is 17.1 Å². The van der Waals surface area contributed by atoms with E-state index in [9.17, 15) is 17.7 Å². The molecule has 2 aromatic rings. The summed E-state index contributed by atoms with van der Waals surface area (Å²) in [6, 6.07) is 1.29. The lowest BCUT2D eigenvalue weighted by atomic mass is 10.0. The highest BCUT2D eigenvalue weighted by molar-refractivity contribution is 7.91. The maximum Gasteiger partial charge on any atom is 0.161 e. The van der Waals surface area contributed by atoms with Gasteiger partial charge in [0, 0.05) is 17.2 Å². The molecule has 0 fully saturated rings. The second kappa shape index (κ2) is 7.08. The summed E-state index contributed by atoms with van der Waals surface area (Å²) in [6.07, 6.45) is 2.76. The summed E-state index contributed by atoms with van der Waals surface area (Å²) < 4.78 is 58.5. The average Bonchev–Trinajstić information content (AvgIpc) is 2.91. The Balaban J connectivity index is 2.65. The zero-order chi connectivity index (χ0) is 19.9. The second-order valence-electron chi connectivity index (χ2n) is 7.87. The molecule has 26 heavy (non-hydrogen) atoms. The highest BCUT2D eigenvalue weighted by Gasteiger charge is 2.28. The molecular formula is C18H22F3N3OS. The van der Waals surface area contributed by atoms with Gasteiger partial charge in [0.1, 0.15) is 21.9 Å². The highest BCUT2D eigenvalue weighted by atomic mass is 32.2. The fourth-order valence-electron chi connectivity index (χ4n) is 2.20. The summed E-state index contributed by atoms with van der Waals surface area (Å²) in [5.74, 6) is -3.34. The summed E-state index contributed by atoms with van der Waals surface area (Å²) in [5, 5.41) is 4.24. The van der Waals surface area contributed by atoms with Crippen molar-refractivity contribution >= 4 is 17.6 Å². The lowest BCUT2D eigenvalue weighted by molar-refractivity contribution is 0.359. The van der Waals surface area contributed by atoms with Gasteiger partial charge in [-0.2, -0.15) is 5.10 Å². The van der Waals surface area contributed by atoms with Gasteiger partial charge < -0.3 is 4.55 Å². The third kappa shape index (κ3) is 4.29. The first-order chi connectivity index (χ1) is 11.8. The Morgan fingerprint density at radius 3 is 2.15 bits per heavy atom. The van der Waals surface area contributed by atoms with E-state index in [1.807, 2.05) is 20.8 Å². The van der Waals surface area contributed by atoms with Gasteiger partial charge in [0.25, 0.3) is 0 Å². The van der Waals surface area contributed by atoms with Gasteiger partial charge in [0.05, 0.1) is 23.6 Å². The molecule has 142 valence electrons. The number of nitrogens with zero attached hydrogens (tertiary/aromatic N) is 3. The Labute approximate surface area is 154 Å². The zero-order valence-electron chi connectivity index (χ0n) is 15.6. The van der Waals surface area contributed by atoms with Crippen molar-refractivity contribution in [1.82, 2.24) is 9.78 Å². The summed E-state index contributed by atoms with van der Waals surface area (Å²) in [4.78, 5) is 0. The van der Waals surface area contributed by atoms with E-state index in [-0.39, 0.29) is 11.3 Å². The first-order valence-corrected chi connectivity index (χ1v) is 9.12. The second-order valence-corrected chi connectivity index (χ2v) is 9.81. The topological polar surface area (TPSA) is 53.2 Å². The Hall–Kier alpha value is -1.80. The lowest BCUT2D eigenvalue weighted by Crippen LogP contribution is -2.26. The van der Waals surface area contributed by atoms with Gasteiger partial charge in [-0.3, -0.25) is 4.68 Å². The Bertz CT molecular complexity index is 835. The molecule has 1 heterocycles. The Morgan fingerprint density at radius 1 is 1.04 bits per heavy atom. The van der Waals surface area contributed by atoms with Crippen LogP contribution in [-0.2, 0) is 16.9 Å². The first kappa shape index (κ1) is 20.5. The van der Waals surface area contributed by atoms with E-state index in [0.29, 0.717) is 11.6 Å². The summed E-state index contributed by atoms with van der Waals surface area (Å²) in [7, 11) is 0. The molecule has 1 aromatic heterocycles. The standard InChI is InChI=1S/C18H22F3N3OS/c1-17(2,3)24-16(12-7-14(20)15(21)8-13(12)19)11(9-22-24)10-23-26(25)18(4,5)6/h7-10H,1-6H3/b23-10+. The number of hydrogen-bond donors (Lipinski definition) is 0. The Morgan fingerprint density at radius 2 is 1.62 bits per heavy atom. The zero-order valence-corrected chi connectivity index (χ0v) is 16.4. The van der Waals surface area contributed by atoms with Crippen LogP contribution in [0.5, 0.6) is 0 Å². The van der Waals surface area contributed by atoms with Crippen LogP contribution >= 0.6 is 0 Å². The van der Waals surface area contributed by atoms with Gasteiger partial charge in [-0.1, -0.05) is 4.40 Å². The van der Waals surface area contributed by atoms with E-state index in [1.54, 1.807) is 20.8 Å². The van der Waals surface area contributed by atoms with Crippen LogP contribution in [-0.4, -0.2) is 25.3 Å².